The second-order valence-electron chi connectivity index (χ2n) is 11.1. The lowest BCUT2D eigenvalue weighted by Crippen LogP contribution is -2.29. The Morgan fingerprint density at radius 2 is 1.76 bits per heavy atom. The van der Waals surface area contributed by atoms with Gasteiger partial charge in [-0.2, -0.15) is 0 Å². The number of thiocarbonyl (C=S) groups is 1. The zero-order valence-corrected chi connectivity index (χ0v) is 25.4. The van der Waals surface area contributed by atoms with Gasteiger partial charge in [0.1, 0.15) is 0 Å². The van der Waals surface area contributed by atoms with Crippen LogP contribution in [0.2, 0.25) is 0 Å². The van der Waals surface area contributed by atoms with E-state index in [9.17, 15) is 14.7 Å². The summed E-state index contributed by atoms with van der Waals surface area (Å²) in [4.78, 5) is 30.9. The Hall–Kier alpha value is -4.50. The molecule has 1 amide bonds. The van der Waals surface area contributed by atoms with E-state index in [1.807, 2.05) is 77.1 Å². The molecule has 2 aromatic carbocycles. The summed E-state index contributed by atoms with van der Waals surface area (Å²) in [5.74, 6) is -1.13. The van der Waals surface area contributed by atoms with Crippen molar-refractivity contribution >= 4 is 40.6 Å². The molecule has 0 saturated carbocycles. The number of rotatable bonds is 7. The van der Waals surface area contributed by atoms with Crippen LogP contribution in [-0.4, -0.2) is 31.6 Å². The van der Waals surface area contributed by atoms with Gasteiger partial charge >= 0.3 is 5.97 Å². The molecule has 3 N–H and O–H groups in total. The standard InChI is InChI=1S/C33H35N5O3S/c1-18(2)31(39)35-26-13-12-24(15-20(26)4)38-30(29(36-33(38)42)27-9-7-8-14-34-27)25-16-21(5)37(22(25)6)28-17-23(32(40)41)11-10-19(28)3/h7-18,29-30H,1-6H3,(H,35,39)(H,36,42)(H,40,41)/t29-,30+/m1/s1. The number of aromatic carboxylic acids is 1. The molecule has 1 aliphatic rings. The lowest BCUT2D eigenvalue weighted by atomic mass is 9.96. The van der Waals surface area contributed by atoms with Crippen LogP contribution in [0.25, 0.3) is 5.69 Å². The molecule has 0 radical (unpaired) electrons. The third-order valence-electron chi connectivity index (χ3n) is 7.85. The molecule has 3 heterocycles. The van der Waals surface area contributed by atoms with Crippen LogP contribution in [-0.2, 0) is 4.79 Å². The predicted octanol–water partition coefficient (Wildman–Crippen LogP) is 6.58. The first-order chi connectivity index (χ1) is 20.0. The smallest absolute Gasteiger partial charge is 0.335 e. The van der Waals surface area contributed by atoms with Crippen molar-refractivity contribution in [1.82, 2.24) is 14.9 Å². The summed E-state index contributed by atoms with van der Waals surface area (Å²) in [6, 6.07) is 18.6. The minimum Gasteiger partial charge on any atom is -0.478 e. The monoisotopic (exact) mass is 581 g/mol. The van der Waals surface area contributed by atoms with Crippen LogP contribution in [0.3, 0.4) is 0 Å². The number of aryl methyl sites for hydroxylation is 3. The first kappa shape index (κ1) is 29.0. The second kappa shape index (κ2) is 11.4. The van der Waals surface area contributed by atoms with Crippen molar-refractivity contribution in [2.75, 3.05) is 10.2 Å². The lowest BCUT2D eigenvalue weighted by Gasteiger charge is -2.29. The number of carboxylic acids is 1. The van der Waals surface area contributed by atoms with Gasteiger partial charge in [-0.1, -0.05) is 26.0 Å². The first-order valence-corrected chi connectivity index (χ1v) is 14.3. The Morgan fingerprint density at radius 1 is 1.00 bits per heavy atom. The molecule has 0 spiro atoms. The lowest BCUT2D eigenvalue weighted by molar-refractivity contribution is -0.118. The summed E-state index contributed by atoms with van der Waals surface area (Å²) in [6.07, 6.45) is 1.78. The molecule has 2 aromatic heterocycles. The summed E-state index contributed by atoms with van der Waals surface area (Å²) >= 11 is 5.95. The van der Waals surface area contributed by atoms with Gasteiger partial charge in [-0.25, -0.2) is 4.79 Å². The fraction of sp³-hybridized carbons (Fsp3) is 0.273. The molecule has 1 aliphatic heterocycles. The number of anilines is 2. The number of carbonyl (C=O) groups is 2. The molecule has 9 heteroatoms. The normalized spacial score (nSPS) is 16.5. The molecule has 1 saturated heterocycles. The summed E-state index contributed by atoms with van der Waals surface area (Å²) in [5, 5.41) is 16.8. The predicted molar refractivity (Wildman–Crippen MR) is 170 cm³/mol. The van der Waals surface area contributed by atoms with Crippen molar-refractivity contribution in [3.8, 4) is 5.69 Å². The number of hydrogen-bond donors (Lipinski definition) is 3. The zero-order valence-electron chi connectivity index (χ0n) is 24.6. The van der Waals surface area contributed by atoms with Gasteiger partial charge in [-0.15, -0.1) is 0 Å². The van der Waals surface area contributed by atoms with Crippen LogP contribution in [0.5, 0.6) is 0 Å². The van der Waals surface area contributed by atoms with Gasteiger partial charge in [0.2, 0.25) is 5.91 Å². The number of pyridine rings is 1. The highest BCUT2D eigenvalue weighted by atomic mass is 32.1. The van der Waals surface area contributed by atoms with E-state index in [0.717, 1.165) is 50.8 Å². The molecule has 4 aromatic rings. The van der Waals surface area contributed by atoms with E-state index in [1.54, 1.807) is 18.3 Å². The van der Waals surface area contributed by atoms with E-state index in [1.165, 1.54) is 0 Å². The van der Waals surface area contributed by atoms with Crippen LogP contribution in [0, 0.1) is 33.6 Å². The number of amides is 1. The number of carboxylic acid groups (broad SMARTS) is 1. The SMILES string of the molecule is Cc1cc(N2C(=S)N[C@H](c3ccccn3)[C@@H]2c2cc(C)n(-c3cc(C(=O)O)ccc3C)c2C)ccc1NC(=O)C(C)C. The number of nitrogens with one attached hydrogen (secondary N) is 2. The number of carbonyl (C=O) groups excluding carboxylic acids is 1. The summed E-state index contributed by atoms with van der Waals surface area (Å²) in [5.41, 5.74) is 8.49. The maximum Gasteiger partial charge on any atom is 0.335 e. The van der Waals surface area contributed by atoms with Crippen molar-refractivity contribution in [2.45, 2.75) is 53.6 Å². The first-order valence-electron chi connectivity index (χ1n) is 13.9. The molecule has 2 atom stereocenters. The molecule has 216 valence electrons. The Kier molecular flexibility index (Phi) is 7.88. The van der Waals surface area contributed by atoms with E-state index in [2.05, 4.69) is 38.1 Å². The fourth-order valence-corrected chi connectivity index (χ4v) is 5.95. The highest BCUT2D eigenvalue weighted by Crippen LogP contribution is 2.44. The van der Waals surface area contributed by atoms with Crippen molar-refractivity contribution in [2.24, 2.45) is 5.92 Å². The number of aromatic nitrogens is 2. The van der Waals surface area contributed by atoms with Gasteiger partial charge in [-0.3, -0.25) is 9.78 Å². The van der Waals surface area contributed by atoms with Crippen molar-refractivity contribution < 1.29 is 14.7 Å². The number of nitrogens with zero attached hydrogens (tertiary/aromatic N) is 3. The maximum atomic E-state index is 12.4. The van der Waals surface area contributed by atoms with Crippen molar-refractivity contribution in [1.29, 1.82) is 0 Å². The van der Waals surface area contributed by atoms with E-state index >= 15 is 0 Å². The molecule has 42 heavy (non-hydrogen) atoms. The van der Waals surface area contributed by atoms with E-state index in [0.29, 0.717) is 5.11 Å². The molecule has 5 rings (SSSR count). The van der Waals surface area contributed by atoms with Crippen LogP contribution in [0.1, 0.15) is 70.1 Å². The third kappa shape index (κ3) is 5.27. The minimum absolute atomic E-state index is 0.0352. The van der Waals surface area contributed by atoms with Gasteiger partial charge < -0.3 is 25.2 Å². The largest absolute Gasteiger partial charge is 0.478 e. The quantitative estimate of drug-likeness (QED) is 0.212. The van der Waals surface area contributed by atoms with Crippen LogP contribution in [0.4, 0.5) is 11.4 Å². The molecule has 1 fully saturated rings. The summed E-state index contributed by atoms with van der Waals surface area (Å²) < 4.78 is 2.11. The summed E-state index contributed by atoms with van der Waals surface area (Å²) in [6.45, 7) is 11.8. The van der Waals surface area contributed by atoms with Crippen LogP contribution >= 0.6 is 12.2 Å². The van der Waals surface area contributed by atoms with E-state index in [4.69, 9.17) is 12.2 Å². The molecule has 8 nitrogen and oxygen atoms in total. The van der Waals surface area contributed by atoms with Crippen molar-refractivity contribution in [3.05, 3.63) is 106 Å². The van der Waals surface area contributed by atoms with Gasteiger partial charge in [-0.05, 0) is 105 Å². The van der Waals surface area contributed by atoms with Crippen molar-refractivity contribution in [3.63, 3.8) is 0 Å². The average Bonchev–Trinajstić information content (AvgIpc) is 3.45. The average molecular weight is 582 g/mol. The maximum absolute atomic E-state index is 12.4. The van der Waals surface area contributed by atoms with Crippen LogP contribution < -0.4 is 15.5 Å². The van der Waals surface area contributed by atoms with E-state index < -0.39 is 5.97 Å². The van der Waals surface area contributed by atoms with E-state index in [-0.39, 0.29) is 29.5 Å². The highest BCUT2D eigenvalue weighted by Gasteiger charge is 2.42. The van der Waals surface area contributed by atoms with Gasteiger partial charge in [0, 0.05) is 40.6 Å². The molecule has 0 bridgehead atoms. The fourth-order valence-electron chi connectivity index (χ4n) is 5.61. The highest BCUT2D eigenvalue weighted by molar-refractivity contribution is 7.80. The number of hydrogen-bond acceptors (Lipinski definition) is 4. The zero-order chi connectivity index (χ0) is 30.3. The van der Waals surface area contributed by atoms with Gasteiger partial charge in [0.05, 0.1) is 23.3 Å². The number of benzene rings is 2. The van der Waals surface area contributed by atoms with Crippen LogP contribution in [0.15, 0.2) is 66.9 Å². The Morgan fingerprint density at radius 3 is 2.40 bits per heavy atom. The molecule has 0 aliphatic carbocycles. The Labute approximate surface area is 251 Å². The Balaban J connectivity index is 1.64. The molecular formula is C33H35N5O3S. The molecular weight excluding hydrogens is 546 g/mol. The Bertz CT molecular complexity index is 1700. The molecule has 0 unspecified atom stereocenters. The third-order valence-corrected chi connectivity index (χ3v) is 8.17. The van der Waals surface area contributed by atoms with Gasteiger partial charge in [0.15, 0.2) is 5.11 Å². The minimum atomic E-state index is -0.964. The topological polar surface area (TPSA) is 99.5 Å². The second-order valence-corrected chi connectivity index (χ2v) is 11.5. The summed E-state index contributed by atoms with van der Waals surface area (Å²) in [7, 11) is 0. The van der Waals surface area contributed by atoms with Gasteiger partial charge in [0.25, 0.3) is 0 Å².